The highest BCUT2D eigenvalue weighted by atomic mass is 32.2. The molecule has 1 aliphatic rings. The van der Waals surface area contributed by atoms with Crippen LogP contribution in [0.5, 0.6) is 5.75 Å². The Morgan fingerprint density at radius 3 is 2.61 bits per heavy atom. The van der Waals surface area contributed by atoms with Crippen LogP contribution in [0.15, 0.2) is 59.5 Å². The minimum Gasteiger partial charge on any atom is -0.492 e. The van der Waals surface area contributed by atoms with Crippen LogP contribution in [-0.4, -0.2) is 34.9 Å². The summed E-state index contributed by atoms with van der Waals surface area (Å²) in [5.74, 6) is -0.0778. The highest BCUT2D eigenvalue weighted by Crippen LogP contribution is 2.26. The molecule has 0 atom stereocenters. The van der Waals surface area contributed by atoms with Crippen LogP contribution in [0, 0.1) is 0 Å². The first-order chi connectivity index (χ1) is 15.0. The van der Waals surface area contributed by atoms with Crippen molar-refractivity contribution in [3.05, 3.63) is 70.8 Å². The normalized spacial score (nSPS) is 14.8. The number of aromatic nitrogens is 1. The van der Waals surface area contributed by atoms with Crippen LogP contribution in [-0.2, 0) is 16.1 Å². The standard InChI is InChI=1S/C23H20N2O5S/c1-2-29-22(27)19-14-16-5-3-4-6-18(16)25(19)11-12-30-17-9-7-15(8-10-17)13-20-21(26)24-23(28)31-20/h3-10,13-14H,2,11-12H2,1H3,(H,24,26,28)/b20-13+. The number of fused-ring (bicyclic) bond motifs is 1. The fourth-order valence-electron chi connectivity index (χ4n) is 3.31. The van der Waals surface area contributed by atoms with Gasteiger partial charge in [0.2, 0.25) is 0 Å². The number of nitrogens with zero attached hydrogens (tertiary/aromatic N) is 1. The van der Waals surface area contributed by atoms with Crippen molar-refractivity contribution in [1.29, 1.82) is 0 Å². The quantitative estimate of drug-likeness (QED) is 0.441. The topological polar surface area (TPSA) is 86.6 Å². The number of carbonyl (C=O) groups is 3. The van der Waals surface area contributed by atoms with E-state index in [9.17, 15) is 14.4 Å². The second-order valence-corrected chi connectivity index (χ2v) is 7.74. The summed E-state index contributed by atoms with van der Waals surface area (Å²) in [5, 5.41) is 2.83. The monoisotopic (exact) mass is 436 g/mol. The number of amides is 2. The molecule has 3 aromatic rings. The molecule has 0 spiro atoms. The predicted octanol–water partition coefficient (Wildman–Crippen LogP) is 4.22. The third-order valence-electron chi connectivity index (χ3n) is 4.70. The summed E-state index contributed by atoms with van der Waals surface area (Å²) in [4.78, 5) is 35.6. The number of carbonyl (C=O) groups excluding carboxylic acids is 3. The summed E-state index contributed by atoms with van der Waals surface area (Å²) < 4.78 is 12.9. The predicted molar refractivity (Wildman–Crippen MR) is 119 cm³/mol. The van der Waals surface area contributed by atoms with Gasteiger partial charge in [0.05, 0.1) is 18.1 Å². The van der Waals surface area contributed by atoms with Crippen molar-refractivity contribution >= 4 is 45.9 Å². The van der Waals surface area contributed by atoms with Crippen molar-refractivity contribution in [1.82, 2.24) is 9.88 Å². The van der Waals surface area contributed by atoms with Gasteiger partial charge in [0, 0.05) is 10.9 Å². The van der Waals surface area contributed by atoms with Crippen LogP contribution in [0.3, 0.4) is 0 Å². The summed E-state index contributed by atoms with van der Waals surface area (Å²) in [7, 11) is 0. The zero-order chi connectivity index (χ0) is 21.8. The molecule has 2 amide bonds. The fourth-order valence-corrected chi connectivity index (χ4v) is 4.00. The van der Waals surface area contributed by atoms with E-state index in [2.05, 4.69) is 5.32 Å². The lowest BCUT2D eigenvalue weighted by molar-refractivity contribution is -0.115. The molecule has 0 saturated carbocycles. The zero-order valence-electron chi connectivity index (χ0n) is 16.8. The van der Waals surface area contributed by atoms with Crippen molar-refractivity contribution < 1.29 is 23.9 Å². The molecule has 31 heavy (non-hydrogen) atoms. The van der Waals surface area contributed by atoms with E-state index in [1.807, 2.05) is 47.0 Å². The second-order valence-electron chi connectivity index (χ2n) is 6.73. The molecular formula is C23H20N2O5S. The van der Waals surface area contributed by atoms with Gasteiger partial charge in [0.15, 0.2) is 0 Å². The molecule has 1 aromatic heterocycles. The van der Waals surface area contributed by atoms with E-state index >= 15 is 0 Å². The lowest BCUT2D eigenvalue weighted by Crippen LogP contribution is -2.17. The number of benzene rings is 2. The number of para-hydroxylation sites is 1. The van der Waals surface area contributed by atoms with Gasteiger partial charge in [-0.2, -0.15) is 0 Å². The smallest absolute Gasteiger partial charge is 0.354 e. The molecule has 1 aliphatic heterocycles. The molecule has 0 aliphatic carbocycles. The minimum absolute atomic E-state index is 0.313. The highest BCUT2D eigenvalue weighted by molar-refractivity contribution is 8.18. The summed E-state index contributed by atoms with van der Waals surface area (Å²) in [6.45, 7) is 2.93. The molecule has 4 rings (SSSR count). The fraction of sp³-hybridized carbons (Fsp3) is 0.174. The first-order valence-electron chi connectivity index (χ1n) is 9.78. The molecule has 2 aromatic carbocycles. The maximum atomic E-state index is 12.4. The van der Waals surface area contributed by atoms with E-state index in [-0.39, 0.29) is 17.1 Å². The SMILES string of the molecule is CCOC(=O)c1cc2ccccc2n1CCOc1ccc(/C=C2/SC(=O)NC2=O)cc1. The number of thioether (sulfide) groups is 1. The van der Waals surface area contributed by atoms with Crippen molar-refractivity contribution in [2.75, 3.05) is 13.2 Å². The van der Waals surface area contributed by atoms with Gasteiger partial charge in [-0.3, -0.25) is 14.9 Å². The van der Waals surface area contributed by atoms with Gasteiger partial charge in [-0.25, -0.2) is 4.79 Å². The third-order valence-corrected chi connectivity index (χ3v) is 5.51. The Morgan fingerprint density at radius 2 is 1.90 bits per heavy atom. The minimum atomic E-state index is -0.383. The first-order valence-corrected chi connectivity index (χ1v) is 10.6. The Kier molecular flexibility index (Phi) is 6.08. The molecule has 0 radical (unpaired) electrons. The van der Waals surface area contributed by atoms with Crippen LogP contribution < -0.4 is 10.1 Å². The maximum absolute atomic E-state index is 12.4. The lowest BCUT2D eigenvalue weighted by atomic mass is 10.2. The summed E-state index contributed by atoms with van der Waals surface area (Å²) >= 11 is 0.883. The maximum Gasteiger partial charge on any atom is 0.354 e. The molecule has 0 unspecified atom stereocenters. The largest absolute Gasteiger partial charge is 0.492 e. The van der Waals surface area contributed by atoms with Gasteiger partial charge >= 0.3 is 5.97 Å². The van der Waals surface area contributed by atoms with Gasteiger partial charge < -0.3 is 14.0 Å². The average molecular weight is 436 g/mol. The van der Waals surface area contributed by atoms with Crippen LogP contribution >= 0.6 is 11.8 Å². The molecule has 1 fully saturated rings. The average Bonchev–Trinajstić information content (AvgIpc) is 3.29. The third kappa shape index (κ3) is 4.64. The molecule has 158 valence electrons. The van der Waals surface area contributed by atoms with Crippen molar-refractivity contribution in [3.63, 3.8) is 0 Å². The van der Waals surface area contributed by atoms with Gasteiger partial charge in [-0.05, 0) is 54.6 Å². The van der Waals surface area contributed by atoms with Gasteiger partial charge in [0.25, 0.3) is 11.1 Å². The number of rotatable bonds is 7. The number of hydrogen-bond acceptors (Lipinski definition) is 6. The van der Waals surface area contributed by atoms with Crippen LogP contribution in [0.25, 0.3) is 17.0 Å². The number of esters is 1. The van der Waals surface area contributed by atoms with E-state index < -0.39 is 0 Å². The Bertz CT molecular complexity index is 1180. The summed E-state index contributed by atoms with van der Waals surface area (Å²) in [6.07, 6.45) is 1.66. The number of ether oxygens (including phenoxy) is 2. The molecule has 1 saturated heterocycles. The summed E-state index contributed by atoms with van der Waals surface area (Å²) in [5.41, 5.74) is 2.23. The zero-order valence-corrected chi connectivity index (χ0v) is 17.6. The molecule has 0 bridgehead atoms. The van der Waals surface area contributed by atoms with E-state index in [4.69, 9.17) is 9.47 Å². The van der Waals surface area contributed by atoms with Crippen LogP contribution in [0.4, 0.5) is 4.79 Å². The number of hydrogen-bond donors (Lipinski definition) is 1. The molecule has 2 heterocycles. The first kappa shape index (κ1) is 20.7. The molecular weight excluding hydrogens is 416 g/mol. The van der Waals surface area contributed by atoms with Gasteiger partial charge in [0.1, 0.15) is 18.1 Å². The molecule has 1 N–H and O–H groups in total. The van der Waals surface area contributed by atoms with Crippen molar-refractivity contribution in [2.45, 2.75) is 13.5 Å². The van der Waals surface area contributed by atoms with Crippen LogP contribution in [0.2, 0.25) is 0 Å². The molecule has 8 heteroatoms. The van der Waals surface area contributed by atoms with E-state index in [0.29, 0.717) is 36.1 Å². The van der Waals surface area contributed by atoms with Gasteiger partial charge in [-0.15, -0.1) is 0 Å². The number of nitrogens with one attached hydrogen (secondary N) is 1. The van der Waals surface area contributed by atoms with Gasteiger partial charge in [-0.1, -0.05) is 30.3 Å². The van der Waals surface area contributed by atoms with E-state index in [0.717, 1.165) is 28.2 Å². The Morgan fingerprint density at radius 1 is 1.13 bits per heavy atom. The van der Waals surface area contributed by atoms with E-state index in [1.54, 1.807) is 25.1 Å². The van der Waals surface area contributed by atoms with Crippen molar-refractivity contribution in [2.24, 2.45) is 0 Å². The Labute approximate surface area is 183 Å². The van der Waals surface area contributed by atoms with Crippen molar-refractivity contribution in [3.8, 4) is 5.75 Å². The number of imide groups is 1. The Balaban J connectivity index is 1.44. The van der Waals surface area contributed by atoms with E-state index in [1.165, 1.54) is 0 Å². The summed E-state index contributed by atoms with van der Waals surface area (Å²) in [6, 6.07) is 16.8. The second kappa shape index (κ2) is 9.09. The highest BCUT2D eigenvalue weighted by Gasteiger charge is 2.24. The lowest BCUT2D eigenvalue weighted by Gasteiger charge is -2.11. The molecule has 7 nitrogen and oxygen atoms in total. The Hall–Kier alpha value is -3.52. The van der Waals surface area contributed by atoms with Crippen LogP contribution in [0.1, 0.15) is 23.0 Å².